The van der Waals surface area contributed by atoms with E-state index >= 15 is 0 Å². The highest BCUT2D eigenvalue weighted by molar-refractivity contribution is 5.50. The van der Waals surface area contributed by atoms with Gasteiger partial charge in [-0.25, -0.2) is 0 Å². The number of rotatable bonds is 3. The molecular weight excluding hydrogens is 200 g/mol. The number of hydrazone groups is 1. The SMILES string of the molecule is NC=NN1CCNCC1Cc1ccccc1. The van der Waals surface area contributed by atoms with Crippen LogP contribution >= 0.6 is 0 Å². The molecule has 16 heavy (non-hydrogen) atoms. The summed E-state index contributed by atoms with van der Waals surface area (Å²) in [5.41, 5.74) is 6.70. The maximum Gasteiger partial charge on any atom is 0.106 e. The predicted octanol–water partition coefficient (Wildman–Crippen LogP) is 0.405. The second-order valence-corrected chi connectivity index (χ2v) is 3.98. The van der Waals surface area contributed by atoms with E-state index in [2.05, 4.69) is 39.7 Å². The van der Waals surface area contributed by atoms with E-state index in [1.807, 2.05) is 6.07 Å². The summed E-state index contributed by atoms with van der Waals surface area (Å²) in [6.07, 6.45) is 2.38. The quantitative estimate of drug-likeness (QED) is 0.570. The van der Waals surface area contributed by atoms with Crippen LogP contribution in [0.15, 0.2) is 35.4 Å². The fourth-order valence-electron chi connectivity index (χ4n) is 2.05. The molecule has 1 atom stereocenters. The van der Waals surface area contributed by atoms with Crippen molar-refractivity contribution in [2.45, 2.75) is 12.5 Å². The molecule has 0 bridgehead atoms. The van der Waals surface area contributed by atoms with Crippen LogP contribution < -0.4 is 11.1 Å². The molecule has 4 heteroatoms. The van der Waals surface area contributed by atoms with E-state index in [-0.39, 0.29) is 0 Å². The van der Waals surface area contributed by atoms with Gasteiger partial charge in [-0.15, -0.1) is 0 Å². The predicted molar refractivity (Wildman–Crippen MR) is 66.2 cm³/mol. The lowest BCUT2D eigenvalue weighted by Gasteiger charge is -2.33. The van der Waals surface area contributed by atoms with Crippen LogP contribution in [0.25, 0.3) is 0 Å². The van der Waals surface area contributed by atoms with Crippen LogP contribution in [0, 0.1) is 0 Å². The summed E-state index contributed by atoms with van der Waals surface area (Å²) in [6, 6.07) is 10.9. The molecule has 0 aliphatic carbocycles. The largest absolute Gasteiger partial charge is 0.388 e. The monoisotopic (exact) mass is 218 g/mol. The van der Waals surface area contributed by atoms with Gasteiger partial charge in [-0.3, -0.25) is 5.01 Å². The Labute approximate surface area is 96.1 Å². The van der Waals surface area contributed by atoms with E-state index in [0.29, 0.717) is 6.04 Å². The lowest BCUT2D eigenvalue weighted by atomic mass is 10.0. The number of nitrogens with two attached hydrogens (primary N) is 1. The van der Waals surface area contributed by atoms with Crippen LogP contribution in [0.1, 0.15) is 5.56 Å². The van der Waals surface area contributed by atoms with Crippen molar-refractivity contribution in [1.82, 2.24) is 10.3 Å². The Balaban J connectivity index is 2.01. The van der Waals surface area contributed by atoms with Gasteiger partial charge in [0, 0.05) is 19.6 Å². The van der Waals surface area contributed by atoms with Crippen molar-refractivity contribution in [3.8, 4) is 0 Å². The summed E-state index contributed by atoms with van der Waals surface area (Å²) in [5.74, 6) is 0. The van der Waals surface area contributed by atoms with Gasteiger partial charge >= 0.3 is 0 Å². The van der Waals surface area contributed by atoms with Crippen LogP contribution in [0.5, 0.6) is 0 Å². The first-order valence-corrected chi connectivity index (χ1v) is 5.65. The van der Waals surface area contributed by atoms with Crippen molar-refractivity contribution in [3.63, 3.8) is 0 Å². The van der Waals surface area contributed by atoms with E-state index in [9.17, 15) is 0 Å². The molecular formula is C12H18N4. The van der Waals surface area contributed by atoms with Crippen molar-refractivity contribution in [2.24, 2.45) is 10.8 Å². The van der Waals surface area contributed by atoms with Crippen molar-refractivity contribution in [1.29, 1.82) is 0 Å². The minimum absolute atomic E-state index is 0.399. The van der Waals surface area contributed by atoms with E-state index in [0.717, 1.165) is 26.1 Å². The average Bonchev–Trinajstić information content (AvgIpc) is 2.33. The zero-order valence-corrected chi connectivity index (χ0v) is 9.34. The molecule has 1 heterocycles. The normalized spacial score (nSPS) is 21.5. The van der Waals surface area contributed by atoms with Crippen molar-refractivity contribution < 1.29 is 0 Å². The molecule has 2 rings (SSSR count). The van der Waals surface area contributed by atoms with Crippen LogP contribution in [0.3, 0.4) is 0 Å². The van der Waals surface area contributed by atoms with Crippen molar-refractivity contribution in [3.05, 3.63) is 35.9 Å². The number of hydrogen-bond donors (Lipinski definition) is 2. The fourth-order valence-corrected chi connectivity index (χ4v) is 2.05. The first kappa shape index (κ1) is 11.0. The lowest BCUT2D eigenvalue weighted by molar-refractivity contribution is 0.168. The summed E-state index contributed by atoms with van der Waals surface area (Å²) < 4.78 is 0. The zero-order chi connectivity index (χ0) is 11.2. The topological polar surface area (TPSA) is 53.6 Å². The molecule has 1 aromatic rings. The highest BCUT2D eigenvalue weighted by Crippen LogP contribution is 2.10. The molecule has 1 aliphatic rings. The Hall–Kier alpha value is -1.55. The summed E-state index contributed by atoms with van der Waals surface area (Å²) in [6.45, 7) is 2.86. The van der Waals surface area contributed by atoms with Crippen LogP contribution in [-0.4, -0.2) is 37.0 Å². The molecule has 1 saturated heterocycles. The zero-order valence-electron chi connectivity index (χ0n) is 9.34. The van der Waals surface area contributed by atoms with Gasteiger partial charge < -0.3 is 11.1 Å². The van der Waals surface area contributed by atoms with Gasteiger partial charge in [0.1, 0.15) is 6.34 Å². The molecule has 1 fully saturated rings. The van der Waals surface area contributed by atoms with Crippen LogP contribution in [0.4, 0.5) is 0 Å². The third-order valence-corrected chi connectivity index (χ3v) is 2.85. The van der Waals surface area contributed by atoms with E-state index in [4.69, 9.17) is 5.73 Å². The molecule has 1 aliphatic heterocycles. The Kier molecular flexibility index (Phi) is 3.77. The fraction of sp³-hybridized carbons (Fsp3) is 0.417. The number of benzene rings is 1. The number of hydrogen-bond acceptors (Lipinski definition) is 3. The highest BCUT2D eigenvalue weighted by Gasteiger charge is 2.20. The van der Waals surface area contributed by atoms with Gasteiger partial charge in [0.25, 0.3) is 0 Å². The summed E-state index contributed by atoms with van der Waals surface area (Å²) in [4.78, 5) is 0. The molecule has 1 unspecified atom stereocenters. The molecule has 0 radical (unpaired) electrons. The van der Waals surface area contributed by atoms with E-state index in [1.165, 1.54) is 11.9 Å². The number of piperazine rings is 1. The van der Waals surface area contributed by atoms with Gasteiger partial charge in [0.2, 0.25) is 0 Å². The third kappa shape index (κ3) is 2.73. The minimum Gasteiger partial charge on any atom is -0.388 e. The Morgan fingerprint density at radius 2 is 2.25 bits per heavy atom. The molecule has 0 spiro atoms. The molecule has 0 aromatic heterocycles. The number of nitrogens with zero attached hydrogens (tertiary/aromatic N) is 2. The summed E-state index contributed by atoms with van der Waals surface area (Å²) in [5, 5.41) is 9.67. The van der Waals surface area contributed by atoms with Crippen LogP contribution in [0.2, 0.25) is 0 Å². The Bertz CT molecular complexity index is 336. The van der Waals surface area contributed by atoms with E-state index < -0.39 is 0 Å². The van der Waals surface area contributed by atoms with E-state index in [1.54, 1.807) is 0 Å². The summed E-state index contributed by atoms with van der Waals surface area (Å²) >= 11 is 0. The van der Waals surface area contributed by atoms with Crippen molar-refractivity contribution >= 4 is 6.34 Å². The summed E-state index contributed by atoms with van der Waals surface area (Å²) in [7, 11) is 0. The first-order chi connectivity index (χ1) is 7.90. The highest BCUT2D eigenvalue weighted by atomic mass is 15.5. The maximum atomic E-state index is 5.36. The first-order valence-electron chi connectivity index (χ1n) is 5.65. The molecule has 0 saturated carbocycles. The molecule has 0 amide bonds. The van der Waals surface area contributed by atoms with Crippen LogP contribution in [-0.2, 0) is 6.42 Å². The smallest absolute Gasteiger partial charge is 0.106 e. The lowest BCUT2D eigenvalue weighted by Crippen LogP contribution is -2.49. The minimum atomic E-state index is 0.399. The van der Waals surface area contributed by atoms with Gasteiger partial charge in [-0.1, -0.05) is 30.3 Å². The van der Waals surface area contributed by atoms with Gasteiger partial charge in [-0.05, 0) is 12.0 Å². The molecule has 86 valence electrons. The molecule has 4 nitrogen and oxygen atoms in total. The standard InChI is InChI=1S/C12H18N4/c13-10-15-16-7-6-14-9-12(16)8-11-4-2-1-3-5-11/h1-5,10,12,14H,6-9H2,(H2,13,15). The second-order valence-electron chi connectivity index (χ2n) is 3.98. The van der Waals surface area contributed by atoms with Gasteiger partial charge in [0.05, 0.1) is 6.04 Å². The van der Waals surface area contributed by atoms with Gasteiger partial charge in [0.15, 0.2) is 0 Å². The average molecular weight is 218 g/mol. The Morgan fingerprint density at radius 3 is 3.00 bits per heavy atom. The van der Waals surface area contributed by atoms with Gasteiger partial charge in [-0.2, -0.15) is 5.10 Å². The molecule has 1 aromatic carbocycles. The second kappa shape index (κ2) is 5.51. The number of nitrogens with one attached hydrogen (secondary N) is 1. The Morgan fingerprint density at radius 1 is 1.44 bits per heavy atom. The maximum absolute atomic E-state index is 5.36. The molecule has 3 N–H and O–H groups in total. The third-order valence-electron chi connectivity index (χ3n) is 2.85. The van der Waals surface area contributed by atoms with Crippen molar-refractivity contribution in [2.75, 3.05) is 19.6 Å².